The summed E-state index contributed by atoms with van der Waals surface area (Å²) >= 11 is 0. The van der Waals surface area contributed by atoms with Crippen molar-refractivity contribution >= 4 is 42.1 Å². The molecule has 100 valence electrons. The molecule has 5 nitrogen and oxygen atoms in total. The van der Waals surface area contributed by atoms with Gasteiger partial charge in [-0.2, -0.15) is 4.98 Å². The Bertz CT molecular complexity index is 452. The smallest absolute Gasteiger partial charge is 0.297 e. The predicted octanol–water partition coefficient (Wildman–Crippen LogP) is 2.23. The summed E-state index contributed by atoms with van der Waals surface area (Å²) in [4.78, 5) is 8.46. The first kappa shape index (κ1) is 15.0. The molecule has 0 saturated carbocycles. The summed E-state index contributed by atoms with van der Waals surface area (Å²) in [5.41, 5.74) is 1.40. The van der Waals surface area contributed by atoms with E-state index in [4.69, 9.17) is 4.42 Å². The van der Waals surface area contributed by atoms with Crippen LogP contribution in [0.5, 0.6) is 0 Å². The maximum atomic E-state index is 5.52. The van der Waals surface area contributed by atoms with Crippen LogP contribution in [0.25, 0.3) is 11.2 Å². The Morgan fingerprint density at radius 1 is 1.28 bits per heavy atom. The molecule has 0 aliphatic carbocycles. The molecule has 1 saturated heterocycles. The molecule has 2 N–H and O–H groups in total. The van der Waals surface area contributed by atoms with E-state index >= 15 is 0 Å². The molecule has 1 fully saturated rings. The van der Waals surface area contributed by atoms with Gasteiger partial charge in [0.1, 0.15) is 5.52 Å². The van der Waals surface area contributed by atoms with E-state index in [2.05, 4.69) is 20.6 Å². The number of halogens is 2. The summed E-state index contributed by atoms with van der Waals surface area (Å²) in [6.45, 7) is 2.10. The number of nitrogens with one attached hydrogen (secondary N) is 2. The van der Waals surface area contributed by atoms with E-state index in [-0.39, 0.29) is 24.8 Å². The summed E-state index contributed by atoms with van der Waals surface area (Å²) in [7, 11) is 0. The van der Waals surface area contributed by atoms with Crippen molar-refractivity contribution in [2.75, 3.05) is 18.4 Å². The quantitative estimate of drug-likeness (QED) is 0.888. The fourth-order valence-corrected chi connectivity index (χ4v) is 1.97. The summed E-state index contributed by atoms with van der Waals surface area (Å²) in [6, 6.07) is 4.80. The lowest BCUT2D eigenvalue weighted by atomic mass is 10.1. The SMILES string of the molecule is Cl.Cl.c1cnc2oc(NC3CCNCC3)nc2c1. The predicted molar refractivity (Wildman–Crippen MR) is 75.8 cm³/mol. The van der Waals surface area contributed by atoms with Crippen molar-refractivity contribution < 1.29 is 4.42 Å². The van der Waals surface area contributed by atoms with Crippen LogP contribution in [0.4, 0.5) is 6.01 Å². The molecule has 0 radical (unpaired) electrons. The topological polar surface area (TPSA) is 63.0 Å². The van der Waals surface area contributed by atoms with E-state index in [9.17, 15) is 0 Å². The van der Waals surface area contributed by atoms with Gasteiger partial charge in [-0.25, -0.2) is 4.98 Å². The van der Waals surface area contributed by atoms with Gasteiger partial charge in [0.25, 0.3) is 6.01 Å². The molecule has 3 rings (SSSR count). The molecule has 0 aromatic carbocycles. The Labute approximate surface area is 118 Å². The molecule has 0 spiro atoms. The average molecular weight is 291 g/mol. The average Bonchev–Trinajstić information content (AvgIpc) is 2.72. The Kier molecular flexibility index (Phi) is 5.65. The maximum Gasteiger partial charge on any atom is 0.297 e. The lowest BCUT2D eigenvalue weighted by Gasteiger charge is -2.22. The second-order valence-corrected chi connectivity index (χ2v) is 4.02. The van der Waals surface area contributed by atoms with Gasteiger partial charge in [0.2, 0.25) is 5.71 Å². The molecule has 2 aromatic rings. The minimum Gasteiger partial charge on any atom is -0.404 e. The maximum absolute atomic E-state index is 5.52. The van der Waals surface area contributed by atoms with E-state index in [1.54, 1.807) is 6.20 Å². The molecular formula is C11H16Cl2N4O. The number of pyridine rings is 1. The zero-order valence-electron chi connectivity index (χ0n) is 9.76. The summed E-state index contributed by atoms with van der Waals surface area (Å²) < 4.78 is 5.52. The van der Waals surface area contributed by atoms with Crippen LogP contribution in [0.2, 0.25) is 0 Å². The van der Waals surface area contributed by atoms with Crippen molar-refractivity contribution in [1.29, 1.82) is 0 Å². The molecule has 3 heterocycles. The summed E-state index contributed by atoms with van der Waals surface area (Å²) in [6.07, 6.45) is 3.92. The van der Waals surface area contributed by atoms with Gasteiger partial charge in [0.05, 0.1) is 0 Å². The van der Waals surface area contributed by atoms with Crippen molar-refractivity contribution in [1.82, 2.24) is 15.3 Å². The van der Waals surface area contributed by atoms with Crippen LogP contribution in [0.15, 0.2) is 22.7 Å². The van der Waals surface area contributed by atoms with E-state index < -0.39 is 0 Å². The first-order chi connectivity index (χ1) is 7.92. The highest BCUT2D eigenvalue weighted by Crippen LogP contribution is 2.18. The van der Waals surface area contributed by atoms with Gasteiger partial charge in [-0.1, -0.05) is 0 Å². The van der Waals surface area contributed by atoms with Crippen LogP contribution in [0.3, 0.4) is 0 Å². The molecule has 18 heavy (non-hydrogen) atoms. The van der Waals surface area contributed by atoms with Crippen molar-refractivity contribution in [2.45, 2.75) is 18.9 Å². The van der Waals surface area contributed by atoms with E-state index in [1.165, 1.54) is 0 Å². The lowest BCUT2D eigenvalue weighted by molar-refractivity contribution is 0.465. The molecule has 0 unspecified atom stereocenters. The number of rotatable bonds is 2. The van der Waals surface area contributed by atoms with Crippen molar-refractivity contribution in [3.05, 3.63) is 18.3 Å². The molecule has 1 aliphatic rings. The first-order valence-electron chi connectivity index (χ1n) is 5.60. The van der Waals surface area contributed by atoms with E-state index in [1.807, 2.05) is 12.1 Å². The fourth-order valence-electron chi connectivity index (χ4n) is 1.97. The molecule has 0 atom stereocenters. The Morgan fingerprint density at radius 3 is 2.78 bits per heavy atom. The highest BCUT2D eigenvalue weighted by molar-refractivity contribution is 5.85. The second kappa shape index (κ2) is 6.78. The number of oxazole rings is 1. The molecule has 2 aromatic heterocycles. The van der Waals surface area contributed by atoms with Gasteiger partial charge in [0, 0.05) is 12.2 Å². The van der Waals surface area contributed by atoms with Crippen molar-refractivity contribution in [2.24, 2.45) is 0 Å². The number of aromatic nitrogens is 2. The molecule has 1 aliphatic heterocycles. The third-order valence-corrected chi connectivity index (χ3v) is 2.83. The minimum atomic E-state index is 0. The number of anilines is 1. The van der Waals surface area contributed by atoms with Gasteiger partial charge < -0.3 is 15.1 Å². The Morgan fingerprint density at radius 2 is 2.06 bits per heavy atom. The minimum absolute atomic E-state index is 0. The summed E-state index contributed by atoms with van der Waals surface area (Å²) in [5.74, 6) is 0. The van der Waals surface area contributed by atoms with Crippen LogP contribution in [-0.4, -0.2) is 29.1 Å². The number of piperidine rings is 1. The monoisotopic (exact) mass is 290 g/mol. The highest BCUT2D eigenvalue weighted by Gasteiger charge is 2.15. The summed E-state index contributed by atoms with van der Waals surface area (Å²) in [5, 5.41) is 6.64. The van der Waals surface area contributed by atoms with Gasteiger partial charge in [-0.15, -0.1) is 24.8 Å². The van der Waals surface area contributed by atoms with Crippen LogP contribution in [-0.2, 0) is 0 Å². The van der Waals surface area contributed by atoms with E-state index in [0.717, 1.165) is 31.4 Å². The van der Waals surface area contributed by atoms with E-state index in [0.29, 0.717) is 17.8 Å². The zero-order chi connectivity index (χ0) is 10.8. The normalized spacial score (nSPS) is 15.8. The van der Waals surface area contributed by atoms with Crippen molar-refractivity contribution in [3.63, 3.8) is 0 Å². The third-order valence-electron chi connectivity index (χ3n) is 2.83. The Balaban J connectivity index is 0.000000810. The molecule has 0 bridgehead atoms. The highest BCUT2D eigenvalue weighted by atomic mass is 35.5. The van der Waals surface area contributed by atoms with Gasteiger partial charge >= 0.3 is 0 Å². The fraction of sp³-hybridized carbons (Fsp3) is 0.455. The second-order valence-electron chi connectivity index (χ2n) is 4.02. The van der Waals surface area contributed by atoms with Crippen LogP contribution in [0, 0.1) is 0 Å². The Hall–Kier alpha value is -1.04. The first-order valence-corrected chi connectivity index (χ1v) is 5.60. The number of fused-ring (bicyclic) bond motifs is 1. The molecule has 7 heteroatoms. The van der Waals surface area contributed by atoms with Gasteiger partial charge in [0.15, 0.2) is 0 Å². The van der Waals surface area contributed by atoms with Gasteiger partial charge in [-0.3, -0.25) is 0 Å². The van der Waals surface area contributed by atoms with Crippen LogP contribution < -0.4 is 10.6 Å². The van der Waals surface area contributed by atoms with Gasteiger partial charge in [-0.05, 0) is 38.1 Å². The number of hydrogen-bond donors (Lipinski definition) is 2. The lowest BCUT2D eigenvalue weighted by Crippen LogP contribution is -2.35. The largest absolute Gasteiger partial charge is 0.404 e. The third kappa shape index (κ3) is 3.25. The number of nitrogens with zero attached hydrogens (tertiary/aromatic N) is 2. The van der Waals surface area contributed by atoms with Crippen LogP contribution >= 0.6 is 24.8 Å². The van der Waals surface area contributed by atoms with Crippen LogP contribution in [0.1, 0.15) is 12.8 Å². The molecule has 0 amide bonds. The zero-order valence-corrected chi connectivity index (χ0v) is 11.4. The van der Waals surface area contributed by atoms with Crippen molar-refractivity contribution in [3.8, 4) is 0 Å². The standard InChI is InChI=1S/C11H14N4O.2ClH/c1-2-9-10(13-5-1)16-11(15-9)14-8-3-6-12-7-4-8;;/h1-2,5,8,12H,3-4,6-7H2,(H,14,15);2*1H. The number of hydrogen-bond acceptors (Lipinski definition) is 5. The molecular weight excluding hydrogens is 275 g/mol.